The number of carbonyl (C=O) groups is 1. The van der Waals surface area contributed by atoms with Gasteiger partial charge >= 0.3 is 5.97 Å². The van der Waals surface area contributed by atoms with Crippen molar-refractivity contribution in [1.82, 2.24) is 10.2 Å². The summed E-state index contributed by atoms with van der Waals surface area (Å²) in [5, 5.41) is 6.76. The summed E-state index contributed by atoms with van der Waals surface area (Å²) in [5.41, 5.74) is 7.67. The van der Waals surface area contributed by atoms with Gasteiger partial charge in [0.15, 0.2) is 0 Å². The largest absolute Gasteiger partial charge is 0.468 e. The molecule has 0 aliphatic carbocycles. The second kappa shape index (κ2) is 6.23. The molecule has 2 rings (SSSR count). The quantitative estimate of drug-likeness (QED) is 0.265. The van der Waals surface area contributed by atoms with E-state index in [9.17, 15) is 4.79 Å². The second-order valence-electron chi connectivity index (χ2n) is 5.24. The minimum absolute atomic E-state index is 0.194. The van der Waals surface area contributed by atoms with Crippen LogP contribution in [0.15, 0.2) is 5.11 Å². The van der Waals surface area contributed by atoms with Crippen molar-refractivity contribution in [3.63, 3.8) is 0 Å². The first kappa shape index (κ1) is 14.1. The second-order valence-corrected chi connectivity index (χ2v) is 5.24. The Morgan fingerprint density at radius 1 is 1.63 bits per heavy atom. The lowest BCUT2D eigenvalue weighted by molar-refractivity contribution is -0.151. The molecular formula is C12H21N5O2. The van der Waals surface area contributed by atoms with Crippen LogP contribution in [0.25, 0.3) is 10.4 Å². The van der Waals surface area contributed by atoms with E-state index in [1.165, 1.54) is 13.5 Å². The van der Waals surface area contributed by atoms with E-state index in [4.69, 9.17) is 10.3 Å². The molecule has 0 aromatic carbocycles. The van der Waals surface area contributed by atoms with E-state index >= 15 is 0 Å². The maximum absolute atomic E-state index is 12.1. The highest BCUT2D eigenvalue weighted by Gasteiger charge is 2.46. The predicted octanol–water partition coefficient (Wildman–Crippen LogP) is 1.06. The van der Waals surface area contributed by atoms with Gasteiger partial charge in [0, 0.05) is 30.6 Å². The summed E-state index contributed by atoms with van der Waals surface area (Å²) in [5.74, 6) is -0.194. The normalized spacial score (nSPS) is 30.5. The average molecular weight is 267 g/mol. The van der Waals surface area contributed by atoms with Gasteiger partial charge in [-0.2, -0.15) is 0 Å². The van der Waals surface area contributed by atoms with Crippen LogP contribution in [0.1, 0.15) is 25.7 Å². The maximum atomic E-state index is 12.1. The van der Waals surface area contributed by atoms with Crippen molar-refractivity contribution < 1.29 is 9.53 Å². The van der Waals surface area contributed by atoms with Gasteiger partial charge in [-0.15, -0.1) is 0 Å². The molecule has 7 heteroatoms. The molecule has 2 atom stereocenters. The Balaban J connectivity index is 2.02. The van der Waals surface area contributed by atoms with E-state index in [2.05, 4.69) is 20.2 Å². The Morgan fingerprint density at radius 2 is 2.47 bits per heavy atom. The lowest BCUT2D eigenvalue weighted by Crippen LogP contribution is -2.61. The molecule has 7 nitrogen and oxygen atoms in total. The third-order valence-corrected chi connectivity index (χ3v) is 4.22. The van der Waals surface area contributed by atoms with Gasteiger partial charge in [-0.3, -0.25) is 4.79 Å². The Bertz CT molecular complexity index is 382. The first-order chi connectivity index (χ1) is 9.22. The SMILES string of the molecule is COC(=O)C1(NCCN=[N+]=[N-])CCN2CCCC2C1. The smallest absolute Gasteiger partial charge is 0.326 e. The minimum Gasteiger partial charge on any atom is -0.468 e. The minimum atomic E-state index is -0.606. The third-order valence-electron chi connectivity index (χ3n) is 4.22. The summed E-state index contributed by atoms with van der Waals surface area (Å²) < 4.78 is 4.98. The molecule has 2 fully saturated rings. The van der Waals surface area contributed by atoms with E-state index in [1.54, 1.807) is 0 Å². The number of piperidine rings is 1. The maximum Gasteiger partial charge on any atom is 0.326 e. The van der Waals surface area contributed by atoms with Gasteiger partial charge in [-0.25, -0.2) is 0 Å². The molecule has 106 valence electrons. The van der Waals surface area contributed by atoms with E-state index in [0.717, 1.165) is 32.4 Å². The van der Waals surface area contributed by atoms with Crippen LogP contribution >= 0.6 is 0 Å². The zero-order valence-corrected chi connectivity index (χ0v) is 11.3. The van der Waals surface area contributed by atoms with Crippen molar-refractivity contribution in [3.8, 4) is 0 Å². The number of methoxy groups -OCH3 is 1. The fourth-order valence-electron chi connectivity index (χ4n) is 3.26. The molecule has 0 aromatic rings. The predicted molar refractivity (Wildman–Crippen MR) is 70.6 cm³/mol. The van der Waals surface area contributed by atoms with E-state index < -0.39 is 5.54 Å². The highest BCUT2D eigenvalue weighted by atomic mass is 16.5. The van der Waals surface area contributed by atoms with Gasteiger partial charge in [-0.05, 0) is 37.8 Å². The van der Waals surface area contributed by atoms with Crippen LogP contribution in [-0.4, -0.2) is 55.7 Å². The summed E-state index contributed by atoms with van der Waals surface area (Å²) in [6, 6.07) is 0.472. The van der Waals surface area contributed by atoms with Crippen LogP contribution in [0.2, 0.25) is 0 Å². The topological polar surface area (TPSA) is 90.3 Å². The van der Waals surface area contributed by atoms with E-state index in [1.807, 2.05) is 0 Å². The first-order valence-corrected chi connectivity index (χ1v) is 6.80. The number of azide groups is 1. The molecular weight excluding hydrogens is 246 g/mol. The Kier molecular flexibility index (Phi) is 4.63. The highest BCUT2D eigenvalue weighted by Crippen LogP contribution is 2.33. The molecule has 0 saturated carbocycles. The molecule has 2 aliphatic rings. The monoisotopic (exact) mass is 267 g/mol. The van der Waals surface area contributed by atoms with E-state index in [-0.39, 0.29) is 5.97 Å². The molecule has 0 aromatic heterocycles. The molecule has 0 radical (unpaired) electrons. The van der Waals surface area contributed by atoms with Gasteiger partial charge in [0.25, 0.3) is 0 Å². The van der Waals surface area contributed by atoms with Crippen molar-refractivity contribution in [2.45, 2.75) is 37.3 Å². The summed E-state index contributed by atoms with van der Waals surface area (Å²) in [6.07, 6.45) is 3.90. The van der Waals surface area contributed by atoms with Crippen LogP contribution in [0.3, 0.4) is 0 Å². The molecule has 0 amide bonds. The van der Waals surface area contributed by atoms with Gasteiger partial charge in [-0.1, -0.05) is 5.11 Å². The molecule has 2 unspecified atom stereocenters. The van der Waals surface area contributed by atoms with Crippen LogP contribution in [0.5, 0.6) is 0 Å². The number of ether oxygens (including phenoxy) is 1. The van der Waals surface area contributed by atoms with Crippen LogP contribution < -0.4 is 5.32 Å². The first-order valence-electron chi connectivity index (χ1n) is 6.80. The Morgan fingerprint density at radius 3 is 3.21 bits per heavy atom. The third kappa shape index (κ3) is 3.00. The fraction of sp³-hybridized carbons (Fsp3) is 0.917. The Hall–Kier alpha value is -1.30. The number of hydrogen-bond acceptors (Lipinski definition) is 5. The van der Waals surface area contributed by atoms with Crippen molar-refractivity contribution in [3.05, 3.63) is 10.4 Å². The van der Waals surface area contributed by atoms with Gasteiger partial charge in [0.05, 0.1) is 7.11 Å². The number of nitrogens with one attached hydrogen (secondary N) is 1. The van der Waals surface area contributed by atoms with Crippen LogP contribution in [0, 0.1) is 0 Å². The number of nitrogens with zero attached hydrogens (tertiary/aromatic N) is 4. The number of fused-ring (bicyclic) bond motifs is 1. The van der Waals surface area contributed by atoms with Gasteiger partial charge in [0.2, 0.25) is 0 Å². The molecule has 2 saturated heterocycles. The molecule has 0 spiro atoms. The molecule has 19 heavy (non-hydrogen) atoms. The molecule has 0 bridgehead atoms. The lowest BCUT2D eigenvalue weighted by atomic mass is 9.83. The van der Waals surface area contributed by atoms with Crippen molar-refractivity contribution >= 4 is 5.97 Å². The summed E-state index contributed by atoms with van der Waals surface area (Å²) >= 11 is 0. The van der Waals surface area contributed by atoms with Crippen molar-refractivity contribution in [2.75, 3.05) is 33.3 Å². The fourth-order valence-corrected chi connectivity index (χ4v) is 3.26. The molecule has 2 heterocycles. The number of rotatable bonds is 5. The zero-order chi connectivity index (χ0) is 13.7. The van der Waals surface area contributed by atoms with Gasteiger partial charge in [0.1, 0.15) is 5.54 Å². The van der Waals surface area contributed by atoms with Crippen molar-refractivity contribution in [1.29, 1.82) is 0 Å². The standard InChI is InChI=1S/C12H21N5O2/c1-19-11(18)12(14-5-6-15-16-13)4-8-17-7-2-3-10(17)9-12/h10,14H,2-9H2,1H3. The lowest BCUT2D eigenvalue weighted by Gasteiger charge is -2.42. The molecule has 2 aliphatic heterocycles. The summed E-state index contributed by atoms with van der Waals surface area (Å²) in [6.45, 7) is 2.92. The number of carbonyl (C=O) groups excluding carboxylic acids is 1. The van der Waals surface area contributed by atoms with Crippen LogP contribution in [0.4, 0.5) is 0 Å². The summed E-state index contributed by atoms with van der Waals surface area (Å²) in [4.78, 5) is 17.3. The van der Waals surface area contributed by atoms with Crippen molar-refractivity contribution in [2.24, 2.45) is 5.11 Å². The zero-order valence-electron chi connectivity index (χ0n) is 11.3. The Labute approximate surface area is 112 Å². The van der Waals surface area contributed by atoms with Gasteiger partial charge < -0.3 is 15.0 Å². The average Bonchev–Trinajstić information content (AvgIpc) is 2.90. The number of esters is 1. The number of hydrogen-bond donors (Lipinski definition) is 1. The summed E-state index contributed by atoms with van der Waals surface area (Å²) in [7, 11) is 1.43. The highest BCUT2D eigenvalue weighted by molar-refractivity contribution is 5.81. The molecule has 1 N–H and O–H groups in total. The van der Waals surface area contributed by atoms with Crippen LogP contribution in [-0.2, 0) is 9.53 Å². The van der Waals surface area contributed by atoms with E-state index in [0.29, 0.717) is 19.1 Å².